The van der Waals surface area contributed by atoms with Gasteiger partial charge >= 0.3 is 6.03 Å². The fraction of sp³-hybridized carbons (Fsp3) is 0.560. The zero-order valence-corrected chi connectivity index (χ0v) is 19.9. The zero-order valence-electron chi connectivity index (χ0n) is 19.9. The van der Waals surface area contributed by atoms with Crippen LogP contribution in [0.15, 0.2) is 36.5 Å². The van der Waals surface area contributed by atoms with Crippen LogP contribution in [0.25, 0.3) is 0 Å². The number of rotatable bonds is 4. The van der Waals surface area contributed by atoms with Crippen molar-refractivity contribution in [2.24, 2.45) is 0 Å². The topological polar surface area (TPSA) is 73.8 Å². The minimum absolute atomic E-state index is 0.00346. The minimum Gasteiger partial charge on any atom is -0.378 e. The van der Waals surface area contributed by atoms with Crippen LogP contribution in [0.2, 0.25) is 0 Å². The zero-order chi connectivity index (χ0) is 23.1. The van der Waals surface area contributed by atoms with Crippen molar-refractivity contribution >= 4 is 17.7 Å². The Kier molecular flexibility index (Phi) is 5.74. The van der Waals surface area contributed by atoms with Gasteiger partial charge in [-0.3, -0.25) is 9.80 Å². The molecule has 8 nitrogen and oxygen atoms in total. The van der Waals surface area contributed by atoms with Crippen LogP contribution in [-0.4, -0.2) is 73.4 Å². The number of morpholine rings is 1. The largest absolute Gasteiger partial charge is 0.378 e. The molecule has 5 rings (SSSR count). The summed E-state index contributed by atoms with van der Waals surface area (Å²) in [6, 6.07) is 10.7. The van der Waals surface area contributed by atoms with Crippen LogP contribution in [0.1, 0.15) is 36.9 Å². The molecule has 8 heteroatoms. The smallest absolute Gasteiger partial charge is 0.322 e. The van der Waals surface area contributed by atoms with Crippen molar-refractivity contribution in [3.05, 3.63) is 47.8 Å². The number of aryl methyl sites for hydroxylation is 1. The summed E-state index contributed by atoms with van der Waals surface area (Å²) in [6.07, 6.45) is 5.69. The van der Waals surface area contributed by atoms with E-state index < -0.39 is 0 Å². The van der Waals surface area contributed by atoms with Crippen LogP contribution in [0.4, 0.5) is 16.4 Å². The maximum Gasteiger partial charge on any atom is 0.322 e. The fourth-order valence-electron chi connectivity index (χ4n) is 5.70. The molecule has 3 fully saturated rings. The Morgan fingerprint density at radius 1 is 1.06 bits per heavy atom. The van der Waals surface area contributed by atoms with Gasteiger partial charge in [0.05, 0.1) is 42.9 Å². The van der Waals surface area contributed by atoms with Crippen molar-refractivity contribution in [1.29, 1.82) is 0 Å². The Bertz CT molecular complexity index is 997. The molecule has 0 unspecified atom stereocenters. The number of nitrogens with one attached hydrogen (secondary N) is 1. The molecule has 1 aromatic carbocycles. The molecule has 2 saturated heterocycles. The predicted molar refractivity (Wildman–Crippen MR) is 129 cm³/mol. The molecule has 3 aliphatic rings. The first-order valence-corrected chi connectivity index (χ1v) is 11.9. The molecule has 0 bridgehead atoms. The summed E-state index contributed by atoms with van der Waals surface area (Å²) in [7, 11) is 4.34. The molecule has 1 aliphatic carbocycles. The molecule has 33 heavy (non-hydrogen) atoms. The van der Waals surface area contributed by atoms with Crippen LogP contribution in [0, 0.1) is 6.92 Å². The average molecular weight is 451 g/mol. The van der Waals surface area contributed by atoms with E-state index in [4.69, 9.17) is 9.72 Å². The summed E-state index contributed by atoms with van der Waals surface area (Å²) >= 11 is 0. The molecule has 1 aromatic heterocycles. The molecule has 2 aliphatic heterocycles. The summed E-state index contributed by atoms with van der Waals surface area (Å²) in [5.74, 6) is 0.713. The van der Waals surface area contributed by atoms with Gasteiger partial charge in [-0.05, 0) is 52.3 Å². The van der Waals surface area contributed by atoms with E-state index in [-0.39, 0.29) is 17.1 Å². The Hall–Kier alpha value is -2.71. The maximum absolute atomic E-state index is 13.1. The molecule has 0 atom stereocenters. The number of amides is 2. The lowest BCUT2D eigenvalue weighted by Crippen LogP contribution is -2.54. The summed E-state index contributed by atoms with van der Waals surface area (Å²) in [6.45, 7) is 5.59. The number of carbonyl (C=O) groups excluding carboxylic acids is 1. The quantitative estimate of drug-likeness (QED) is 0.772. The van der Waals surface area contributed by atoms with Gasteiger partial charge in [0.15, 0.2) is 0 Å². The molecule has 1 spiro atoms. The van der Waals surface area contributed by atoms with Gasteiger partial charge in [-0.25, -0.2) is 14.8 Å². The molecular formula is C25H34N6O2. The highest BCUT2D eigenvalue weighted by atomic mass is 16.5. The number of carbonyl (C=O) groups is 1. The van der Waals surface area contributed by atoms with Gasteiger partial charge in [0.25, 0.3) is 0 Å². The second-order valence-corrected chi connectivity index (χ2v) is 9.83. The third kappa shape index (κ3) is 3.95. The van der Waals surface area contributed by atoms with Gasteiger partial charge in [0.2, 0.25) is 5.95 Å². The van der Waals surface area contributed by atoms with E-state index in [0.29, 0.717) is 25.7 Å². The van der Waals surface area contributed by atoms with Gasteiger partial charge < -0.3 is 15.0 Å². The van der Waals surface area contributed by atoms with Crippen LogP contribution in [-0.2, 0) is 10.3 Å². The number of ether oxygens (including phenoxy) is 1. The average Bonchev–Trinajstić information content (AvgIpc) is 3.16. The second-order valence-electron chi connectivity index (χ2n) is 9.83. The predicted octanol–water partition coefficient (Wildman–Crippen LogP) is 2.92. The van der Waals surface area contributed by atoms with Crippen molar-refractivity contribution in [2.45, 2.75) is 43.7 Å². The van der Waals surface area contributed by atoms with Crippen molar-refractivity contribution < 1.29 is 9.53 Å². The number of hydrogen-bond acceptors (Lipinski definition) is 6. The third-order valence-corrected chi connectivity index (χ3v) is 7.80. The Morgan fingerprint density at radius 3 is 2.39 bits per heavy atom. The van der Waals surface area contributed by atoms with Gasteiger partial charge in [-0.15, -0.1) is 0 Å². The minimum atomic E-state index is -0.208. The first kappa shape index (κ1) is 22.1. The monoisotopic (exact) mass is 450 g/mol. The molecule has 2 aromatic rings. The van der Waals surface area contributed by atoms with E-state index in [2.05, 4.69) is 64.5 Å². The van der Waals surface area contributed by atoms with Gasteiger partial charge in [0, 0.05) is 18.6 Å². The highest BCUT2D eigenvalue weighted by Gasteiger charge is 2.50. The summed E-state index contributed by atoms with van der Waals surface area (Å²) in [4.78, 5) is 28.7. The molecule has 3 heterocycles. The Balaban J connectivity index is 1.33. The van der Waals surface area contributed by atoms with E-state index >= 15 is 0 Å². The van der Waals surface area contributed by atoms with E-state index in [0.717, 1.165) is 50.2 Å². The van der Waals surface area contributed by atoms with Crippen LogP contribution in [0.5, 0.6) is 0 Å². The third-order valence-electron chi connectivity index (χ3n) is 7.80. The van der Waals surface area contributed by atoms with E-state index in [1.807, 2.05) is 18.0 Å². The van der Waals surface area contributed by atoms with Crippen LogP contribution >= 0.6 is 0 Å². The highest BCUT2D eigenvalue weighted by Crippen LogP contribution is 2.46. The lowest BCUT2D eigenvalue weighted by Gasteiger charge is -2.48. The lowest BCUT2D eigenvalue weighted by atomic mass is 9.69. The first-order valence-electron chi connectivity index (χ1n) is 11.9. The fourth-order valence-corrected chi connectivity index (χ4v) is 5.70. The molecule has 2 amide bonds. The molecule has 1 saturated carbocycles. The van der Waals surface area contributed by atoms with E-state index in [1.165, 1.54) is 5.56 Å². The Labute approximate surface area is 195 Å². The standard InChI is InChI=1S/C25H34N6O2/c1-19-21(17-26-22(27-19)30-13-15-33-16-14-30)31-18-24(28-23(31)32)9-11-25(12-10-24,29(2)3)20-7-5-4-6-8-20/h4-8,17H,9-16,18H2,1-3H3,(H,28,32)/t24-,25-. The van der Waals surface area contributed by atoms with Crippen molar-refractivity contribution in [3.8, 4) is 0 Å². The maximum atomic E-state index is 13.1. The normalized spacial score (nSPS) is 27.9. The van der Waals surface area contributed by atoms with Crippen LogP contribution < -0.4 is 15.1 Å². The van der Waals surface area contributed by atoms with Crippen molar-refractivity contribution in [2.75, 3.05) is 56.7 Å². The van der Waals surface area contributed by atoms with Crippen molar-refractivity contribution in [1.82, 2.24) is 20.2 Å². The second kappa shape index (κ2) is 8.57. The highest BCUT2D eigenvalue weighted by molar-refractivity contribution is 5.95. The molecular weight excluding hydrogens is 416 g/mol. The lowest BCUT2D eigenvalue weighted by molar-refractivity contribution is 0.0658. The first-order chi connectivity index (χ1) is 15.9. The van der Waals surface area contributed by atoms with Gasteiger partial charge in [-0.1, -0.05) is 30.3 Å². The number of hydrogen-bond donors (Lipinski definition) is 1. The summed E-state index contributed by atoms with van der Waals surface area (Å²) in [5.41, 5.74) is 2.79. The summed E-state index contributed by atoms with van der Waals surface area (Å²) in [5, 5.41) is 3.34. The number of nitrogens with zero attached hydrogens (tertiary/aromatic N) is 5. The van der Waals surface area contributed by atoms with Crippen molar-refractivity contribution in [3.63, 3.8) is 0 Å². The van der Waals surface area contributed by atoms with E-state index in [9.17, 15) is 4.79 Å². The summed E-state index contributed by atoms with van der Waals surface area (Å²) < 4.78 is 5.43. The molecule has 176 valence electrons. The number of urea groups is 1. The molecule has 0 radical (unpaired) electrons. The van der Waals surface area contributed by atoms with E-state index in [1.54, 1.807) is 0 Å². The Morgan fingerprint density at radius 2 is 1.76 bits per heavy atom. The number of anilines is 2. The SMILES string of the molecule is Cc1nc(N2CCOCC2)ncc1N1C[C@]2(CC[C@@](c3ccccc3)(N(C)C)CC2)NC1=O. The van der Waals surface area contributed by atoms with Crippen LogP contribution in [0.3, 0.4) is 0 Å². The number of aromatic nitrogens is 2. The van der Waals surface area contributed by atoms with Gasteiger partial charge in [0.1, 0.15) is 0 Å². The number of benzene rings is 1. The van der Waals surface area contributed by atoms with Gasteiger partial charge in [-0.2, -0.15) is 0 Å². The molecule has 1 N–H and O–H groups in total.